The number of hydrogen-bond acceptors (Lipinski definition) is 2. The van der Waals surface area contributed by atoms with Crippen LogP contribution in [0.4, 0.5) is 0 Å². The van der Waals surface area contributed by atoms with Crippen molar-refractivity contribution >= 4 is 17.2 Å². The van der Waals surface area contributed by atoms with E-state index in [1.54, 1.807) is 11.3 Å². The molecule has 3 heteroatoms. The Hall–Kier alpha value is -0.830. The molecule has 1 fully saturated rings. The Morgan fingerprint density at radius 1 is 1.41 bits per heavy atom. The molecule has 1 atom stereocenters. The maximum absolute atomic E-state index is 12.4. The smallest absolute Gasteiger partial charge is 0.254 e. The average molecular weight is 249 g/mol. The highest BCUT2D eigenvalue weighted by Crippen LogP contribution is 2.33. The summed E-state index contributed by atoms with van der Waals surface area (Å²) in [5, 5.41) is 2.10. The molecule has 0 aromatic carbocycles. The Kier molecular flexibility index (Phi) is 2.95. The van der Waals surface area contributed by atoms with Crippen LogP contribution in [-0.2, 0) is 12.8 Å². The number of amides is 1. The lowest BCUT2D eigenvalue weighted by Crippen LogP contribution is -2.28. The first kappa shape index (κ1) is 11.3. The molecule has 0 bridgehead atoms. The van der Waals surface area contributed by atoms with Crippen LogP contribution in [0.5, 0.6) is 0 Å². The van der Waals surface area contributed by atoms with Gasteiger partial charge in [0.05, 0.1) is 5.56 Å². The fraction of sp³-hybridized carbons (Fsp3) is 0.643. The fourth-order valence-electron chi connectivity index (χ4n) is 2.95. The molecule has 92 valence electrons. The molecule has 0 radical (unpaired) electrons. The maximum Gasteiger partial charge on any atom is 0.254 e. The van der Waals surface area contributed by atoms with Crippen molar-refractivity contribution in [3.8, 4) is 0 Å². The molecule has 2 aliphatic rings. The van der Waals surface area contributed by atoms with Crippen LogP contribution in [0.2, 0.25) is 0 Å². The van der Waals surface area contributed by atoms with Crippen molar-refractivity contribution < 1.29 is 4.79 Å². The Balaban J connectivity index is 1.86. The van der Waals surface area contributed by atoms with E-state index in [1.807, 2.05) is 4.90 Å². The second-order valence-electron chi connectivity index (χ2n) is 5.40. The van der Waals surface area contributed by atoms with Gasteiger partial charge in [0.25, 0.3) is 5.91 Å². The zero-order valence-electron chi connectivity index (χ0n) is 10.4. The predicted molar refractivity (Wildman–Crippen MR) is 70.6 cm³/mol. The van der Waals surface area contributed by atoms with Crippen molar-refractivity contribution in [2.45, 2.75) is 39.0 Å². The van der Waals surface area contributed by atoms with Gasteiger partial charge in [-0.25, -0.2) is 0 Å². The van der Waals surface area contributed by atoms with E-state index in [4.69, 9.17) is 0 Å². The van der Waals surface area contributed by atoms with Gasteiger partial charge >= 0.3 is 0 Å². The summed E-state index contributed by atoms with van der Waals surface area (Å²) >= 11 is 1.80. The Labute approximate surface area is 107 Å². The second-order valence-corrected chi connectivity index (χ2v) is 6.36. The molecular weight excluding hydrogens is 230 g/mol. The van der Waals surface area contributed by atoms with Gasteiger partial charge in [-0.05, 0) is 43.6 Å². The van der Waals surface area contributed by atoms with Gasteiger partial charge < -0.3 is 4.90 Å². The summed E-state index contributed by atoms with van der Waals surface area (Å²) < 4.78 is 0. The normalized spacial score (nSPS) is 23.8. The lowest BCUT2D eigenvalue weighted by Gasteiger charge is -2.20. The number of rotatable bonds is 1. The van der Waals surface area contributed by atoms with Crippen LogP contribution in [0.3, 0.4) is 0 Å². The van der Waals surface area contributed by atoms with Crippen molar-refractivity contribution in [1.29, 1.82) is 0 Å². The first-order chi connectivity index (χ1) is 8.25. The molecule has 1 unspecified atom stereocenters. The van der Waals surface area contributed by atoms with Crippen LogP contribution in [0.15, 0.2) is 5.38 Å². The summed E-state index contributed by atoms with van der Waals surface area (Å²) in [6, 6.07) is 0. The summed E-state index contributed by atoms with van der Waals surface area (Å²) in [4.78, 5) is 15.9. The Morgan fingerprint density at radius 2 is 2.18 bits per heavy atom. The van der Waals surface area contributed by atoms with E-state index < -0.39 is 0 Å². The largest absolute Gasteiger partial charge is 0.339 e. The summed E-state index contributed by atoms with van der Waals surface area (Å²) in [7, 11) is 0. The van der Waals surface area contributed by atoms with Crippen molar-refractivity contribution in [2.75, 3.05) is 13.1 Å². The molecule has 1 saturated heterocycles. The summed E-state index contributed by atoms with van der Waals surface area (Å²) in [6.45, 7) is 4.23. The summed E-state index contributed by atoms with van der Waals surface area (Å²) in [5.41, 5.74) is 2.38. The summed E-state index contributed by atoms with van der Waals surface area (Å²) in [5.74, 6) is 1.07. The maximum atomic E-state index is 12.4. The molecule has 0 N–H and O–H groups in total. The molecule has 1 aromatic heterocycles. The van der Waals surface area contributed by atoms with Crippen molar-refractivity contribution in [2.24, 2.45) is 5.92 Å². The van der Waals surface area contributed by atoms with Crippen LogP contribution >= 0.6 is 11.3 Å². The van der Waals surface area contributed by atoms with Crippen LogP contribution in [0.1, 0.15) is 47.0 Å². The monoisotopic (exact) mass is 249 g/mol. The van der Waals surface area contributed by atoms with Gasteiger partial charge in [0.2, 0.25) is 0 Å². The van der Waals surface area contributed by atoms with Crippen molar-refractivity contribution in [3.63, 3.8) is 0 Å². The highest BCUT2D eigenvalue weighted by Gasteiger charge is 2.26. The van der Waals surface area contributed by atoms with E-state index in [9.17, 15) is 4.79 Å². The van der Waals surface area contributed by atoms with Crippen molar-refractivity contribution in [1.82, 2.24) is 4.90 Å². The first-order valence-electron chi connectivity index (χ1n) is 6.64. The van der Waals surface area contributed by atoms with Crippen LogP contribution in [0, 0.1) is 5.92 Å². The molecule has 1 aromatic rings. The van der Waals surface area contributed by atoms with Crippen LogP contribution in [-0.4, -0.2) is 23.9 Å². The predicted octanol–water partition coefficient (Wildman–Crippen LogP) is 3.11. The van der Waals surface area contributed by atoms with Gasteiger partial charge in [0.1, 0.15) is 0 Å². The zero-order chi connectivity index (χ0) is 11.8. The van der Waals surface area contributed by atoms with Gasteiger partial charge in [0.15, 0.2) is 0 Å². The third-order valence-electron chi connectivity index (χ3n) is 4.03. The Morgan fingerprint density at radius 3 is 2.94 bits per heavy atom. The average Bonchev–Trinajstić information content (AvgIpc) is 2.96. The van der Waals surface area contributed by atoms with Gasteiger partial charge in [-0.3, -0.25) is 4.79 Å². The molecular formula is C14H19NOS. The topological polar surface area (TPSA) is 20.3 Å². The molecule has 2 nitrogen and oxygen atoms in total. The standard InChI is InChI=1S/C14H19NOS/c1-10-4-5-11-12(9-17-13(11)8-10)14(16)15-6-2-3-7-15/h9-10H,2-8H2,1H3. The third-order valence-corrected chi connectivity index (χ3v) is 5.08. The number of hydrogen-bond donors (Lipinski definition) is 0. The molecule has 0 saturated carbocycles. The number of likely N-dealkylation sites (tertiary alicyclic amines) is 1. The molecule has 17 heavy (non-hydrogen) atoms. The molecule has 3 rings (SSSR count). The lowest BCUT2D eigenvalue weighted by atomic mass is 9.88. The number of thiophene rings is 1. The van der Waals surface area contributed by atoms with Crippen molar-refractivity contribution in [3.05, 3.63) is 21.4 Å². The second kappa shape index (κ2) is 4.45. The molecule has 2 heterocycles. The quantitative estimate of drug-likeness (QED) is 0.749. The lowest BCUT2D eigenvalue weighted by molar-refractivity contribution is 0.0792. The Bertz CT molecular complexity index is 431. The number of nitrogens with zero attached hydrogens (tertiary/aromatic N) is 1. The van der Waals surface area contributed by atoms with E-state index in [-0.39, 0.29) is 5.91 Å². The van der Waals surface area contributed by atoms with Gasteiger partial charge in [-0.1, -0.05) is 6.92 Å². The molecule has 1 aliphatic carbocycles. The van der Waals surface area contributed by atoms with Gasteiger partial charge in [-0.15, -0.1) is 11.3 Å². The highest BCUT2D eigenvalue weighted by molar-refractivity contribution is 7.10. The van der Waals surface area contributed by atoms with E-state index in [2.05, 4.69) is 12.3 Å². The van der Waals surface area contributed by atoms with Crippen LogP contribution in [0.25, 0.3) is 0 Å². The van der Waals surface area contributed by atoms with E-state index in [0.29, 0.717) is 0 Å². The van der Waals surface area contributed by atoms with E-state index in [1.165, 1.54) is 36.1 Å². The minimum absolute atomic E-state index is 0.287. The SMILES string of the molecule is CC1CCc2c(C(=O)N3CCCC3)csc2C1. The number of fused-ring (bicyclic) bond motifs is 1. The fourth-order valence-corrected chi connectivity index (χ4v) is 4.19. The highest BCUT2D eigenvalue weighted by atomic mass is 32.1. The van der Waals surface area contributed by atoms with E-state index in [0.717, 1.165) is 31.0 Å². The van der Waals surface area contributed by atoms with Gasteiger partial charge in [-0.2, -0.15) is 0 Å². The minimum Gasteiger partial charge on any atom is -0.339 e. The first-order valence-corrected chi connectivity index (χ1v) is 7.52. The third kappa shape index (κ3) is 2.01. The molecule has 1 amide bonds. The van der Waals surface area contributed by atoms with Gasteiger partial charge in [0, 0.05) is 23.3 Å². The number of carbonyl (C=O) groups is 1. The summed E-state index contributed by atoms with van der Waals surface area (Å²) in [6.07, 6.45) is 5.87. The molecule has 0 spiro atoms. The zero-order valence-corrected chi connectivity index (χ0v) is 11.2. The van der Waals surface area contributed by atoms with Crippen LogP contribution < -0.4 is 0 Å². The van der Waals surface area contributed by atoms with E-state index >= 15 is 0 Å². The minimum atomic E-state index is 0.287. The number of carbonyl (C=O) groups excluding carboxylic acids is 1. The molecule has 1 aliphatic heterocycles.